The molecule has 2 rings (SSSR count). The summed E-state index contributed by atoms with van der Waals surface area (Å²) in [5, 5.41) is 0. The number of rotatable bonds is 3. The Morgan fingerprint density at radius 3 is 3.00 bits per heavy atom. The monoisotopic (exact) mass is 296 g/mol. The lowest BCUT2D eigenvalue weighted by Crippen LogP contribution is -2.36. The smallest absolute Gasteiger partial charge is 0.0377 e. The lowest BCUT2D eigenvalue weighted by molar-refractivity contribution is 0.396. The molecule has 3 heteroatoms. The summed E-state index contributed by atoms with van der Waals surface area (Å²) in [7, 11) is 0. The summed E-state index contributed by atoms with van der Waals surface area (Å²) in [6.07, 6.45) is 3.78. The molecule has 0 spiro atoms. The third kappa shape index (κ3) is 3.23. The minimum atomic E-state index is 0.772. The Bertz CT molecular complexity index is 376. The van der Waals surface area contributed by atoms with E-state index in [2.05, 4.69) is 46.0 Å². The van der Waals surface area contributed by atoms with E-state index in [1.54, 1.807) is 0 Å². The standard InChI is InChI=1S/C14H21BrN2/c1-11-4-5-13(9-14(11)15)17-8-2-3-12(10-17)6-7-16/h4-5,9,12H,2-3,6-8,10,16H2,1H3. The molecule has 1 aromatic carbocycles. The molecule has 0 aromatic heterocycles. The zero-order valence-corrected chi connectivity index (χ0v) is 12.0. The molecule has 1 saturated heterocycles. The molecule has 1 fully saturated rings. The molecule has 17 heavy (non-hydrogen) atoms. The molecule has 0 amide bonds. The predicted molar refractivity (Wildman–Crippen MR) is 77.5 cm³/mol. The van der Waals surface area contributed by atoms with Gasteiger partial charge in [0.05, 0.1) is 0 Å². The van der Waals surface area contributed by atoms with Crippen molar-refractivity contribution in [2.24, 2.45) is 11.7 Å². The van der Waals surface area contributed by atoms with Gasteiger partial charge in [0.25, 0.3) is 0 Å². The lowest BCUT2D eigenvalue weighted by Gasteiger charge is -2.34. The van der Waals surface area contributed by atoms with E-state index in [0.717, 1.165) is 25.4 Å². The molecule has 94 valence electrons. The fourth-order valence-corrected chi connectivity index (χ4v) is 2.92. The first-order valence-corrected chi connectivity index (χ1v) is 7.21. The van der Waals surface area contributed by atoms with Crippen molar-refractivity contribution in [3.63, 3.8) is 0 Å². The van der Waals surface area contributed by atoms with E-state index < -0.39 is 0 Å². The molecule has 0 bridgehead atoms. The molecular formula is C14H21BrN2. The highest BCUT2D eigenvalue weighted by Crippen LogP contribution is 2.28. The molecule has 1 unspecified atom stereocenters. The van der Waals surface area contributed by atoms with E-state index in [4.69, 9.17) is 5.73 Å². The summed E-state index contributed by atoms with van der Waals surface area (Å²) < 4.78 is 1.20. The summed E-state index contributed by atoms with van der Waals surface area (Å²) in [5.41, 5.74) is 8.29. The third-order valence-electron chi connectivity index (χ3n) is 3.61. The van der Waals surface area contributed by atoms with Crippen LogP contribution in [0.2, 0.25) is 0 Å². The minimum Gasteiger partial charge on any atom is -0.371 e. The Morgan fingerprint density at radius 2 is 2.29 bits per heavy atom. The van der Waals surface area contributed by atoms with Crippen molar-refractivity contribution in [1.82, 2.24) is 0 Å². The summed E-state index contributed by atoms with van der Waals surface area (Å²) in [4.78, 5) is 2.49. The molecule has 2 N–H and O–H groups in total. The first-order valence-electron chi connectivity index (χ1n) is 6.42. The van der Waals surface area contributed by atoms with Crippen molar-refractivity contribution in [2.75, 3.05) is 24.5 Å². The van der Waals surface area contributed by atoms with Gasteiger partial charge in [-0.25, -0.2) is 0 Å². The summed E-state index contributed by atoms with van der Waals surface area (Å²) in [5.74, 6) is 0.772. The summed E-state index contributed by atoms with van der Waals surface area (Å²) >= 11 is 3.61. The number of halogens is 1. The Balaban J connectivity index is 2.08. The maximum absolute atomic E-state index is 5.66. The number of benzene rings is 1. The normalized spacial score (nSPS) is 20.6. The molecule has 1 aromatic rings. The lowest BCUT2D eigenvalue weighted by atomic mass is 9.94. The van der Waals surface area contributed by atoms with Gasteiger partial charge >= 0.3 is 0 Å². The van der Waals surface area contributed by atoms with Crippen LogP contribution in [0.3, 0.4) is 0 Å². The number of aryl methyl sites for hydroxylation is 1. The first-order chi connectivity index (χ1) is 8.20. The van der Waals surface area contributed by atoms with Crippen LogP contribution in [0.1, 0.15) is 24.8 Å². The minimum absolute atomic E-state index is 0.772. The fourth-order valence-electron chi connectivity index (χ4n) is 2.55. The Labute approximate surface area is 112 Å². The van der Waals surface area contributed by atoms with Crippen LogP contribution in [0.4, 0.5) is 5.69 Å². The van der Waals surface area contributed by atoms with Crippen molar-refractivity contribution >= 4 is 21.6 Å². The number of hydrogen-bond acceptors (Lipinski definition) is 2. The van der Waals surface area contributed by atoms with Crippen molar-refractivity contribution in [2.45, 2.75) is 26.2 Å². The molecule has 1 aliphatic rings. The SMILES string of the molecule is Cc1ccc(N2CCCC(CCN)C2)cc1Br. The number of nitrogens with two attached hydrogens (primary N) is 1. The van der Waals surface area contributed by atoms with Gasteiger partial charge < -0.3 is 10.6 Å². The van der Waals surface area contributed by atoms with Gasteiger partial charge in [0.2, 0.25) is 0 Å². The van der Waals surface area contributed by atoms with Gasteiger partial charge in [-0.3, -0.25) is 0 Å². The van der Waals surface area contributed by atoms with Crippen molar-refractivity contribution < 1.29 is 0 Å². The van der Waals surface area contributed by atoms with Crippen molar-refractivity contribution in [1.29, 1.82) is 0 Å². The predicted octanol–water partition coefficient (Wildman–Crippen LogP) is 3.32. The highest BCUT2D eigenvalue weighted by molar-refractivity contribution is 9.10. The zero-order valence-electron chi connectivity index (χ0n) is 10.5. The van der Waals surface area contributed by atoms with Gasteiger partial charge in [0.15, 0.2) is 0 Å². The highest BCUT2D eigenvalue weighted by Gasteiger charge is 2.19. The van der Waals surface area contributed by atoms with Crippen LogP contribution in [-0.2, 0) is 0 Å². The van der Waals surface area contributed by atoms with Gasteiger partial charge in [-0.1, -0.05) is 22.0 Å². The van der Waals surface area contributed by atoms with Gasteiger partial charge in [-0.05, 0) is 56.3 Å². The first kappa shape index (κ1) is 12.9. The van der Waals surface area contributed by atoms with Crippen LogP contribution < -0.4 is 10.6 Å². The highest BCUT2D eigenvalue weighted by atomic mass is 79.9. The molecule has 1 aliphatic heterocycles. The Hall–Kier alpha value is -0.540. The van der Waals surface area contributed by atoms with Crippen LogP contribution >= 0.6 is 15.9 Å². The average molecular weight is 297 g/mol. The molecule has 0 saturated carbocycles. The largest absolute Gasteiger partial charge is 0.371 e. The number of piperidine rings is 1. The topological polar surface area (TPSA) is 29.3 Å². The molecule has 0 aliphatic carbocycles. The van der Waals surface area contributed by atoms with Crippen LogP contribution in [-0.4, -0.2) is 19.6 Å². The quantitative estimate of drug-likeness (QED) is 0.927. The van der Waals surface area contributed by atoms with Crippen LogP contribution in [0.5, 0.6) is 0 Å². The maximum Gasteiger partial charge on any atom is 0.0377 e. The van der Waals surface area contributed by atoms with E-state index in [1.165, 1.54) is 35.1 Å². The number of anilines is 1. The second-order valence-corrected chi connectivity index (χ2v) is 5.82. The van der Waals surface area contributed by atoms with Gasteiger partial charge in [0, 0.05) is 23.2 Å². The maximum atomic E-state index is 5.66. The van der Waals surface area contributed by atoms with Crippen molar-refractivity contribution in [3.05, 3.63) is 28.2 Å². The van der Waals surface area contributed by atoms with E-state index in [9.17, 15) is 0 Å². The zero-order chi connectivity index (χ0) is 12.3. The third-order valence-corrected chi connectivity index (χ3v) is 4.47. The van der Waals surface area contributed by atoms with Gasteiger partial charge in [0.1, 0.15) is 0 Å². The second-order valence-electron chi connectivity index (χ2n) is 4.97. The molecule has 2 nitrogen and oxygen atoms in total. The van der Waals surface area contributed by atoms with Gasteiger partial charge in [-0.2, -0.15) is 0 Å². The van der Waals surface area contributed by atoms with Crippen LogP contribution in [0, 0.1) is 12.8 Å². The van der Waals surface area contributed by atoms with E-state index in [-0.39, 0.29) is 0 Å². The van der Waals surface area contributed by atoms with E-state index in [1.807, 2.05) is 0 Å². The fraction of sp³-hybridized carbons (Fsp3) is 0.571. The van der Waals surface area contributed by atoms with Crippen LogP contribution in [0.25, 0.3) is 0 Å². The molecule has 0 radical (unpaired) electrons. The summed E-state index contributed by atoms with van der Waals surface area (Å²) in [6.45, 7) is 5.28. The summed E-state index contributed by atoms with van der Waals surface area (Å²) in [6, 6.07) is 6.65. The molecular weight excluding hydrogens is 276 g/mol. The molecule has 1 atom stereocenters. The Kier molecular flexibility index (Phi) is 4.46. The number of hydrogen-bond donors (Lipinski definition) is 1. The Morgan fingerprint density at radius 1 is 1.47 bits per heavy atom. The second kappa shape index (κ2) is 5.87. The van der Waals surface area contributed by atoms with E-state index >= 15 is 0 Å². The number of nitrogens with zero attached hydrogens (tertiary/aromatic N) is 1. The van der Waals surface area contributed by atoms with Gasteiger partial charge in [-0.15, -0.1) is 0 Å². The van der Waals surface area contributed by atoms with Crippen molar-refractivity contribution in [3.8, 4) is 0 Å². The van der Waals surface area contributed by atoms with Crippen LogP contribution in [0.15, 0.2) is 22.7 Å². The average Bonchev–Trinajstić information content (AvgIpc) is 2.33. The molecule has 1 heterocycles. The van der Waals surface area contributed by atoms with E-state index in [0.29, 0.717) is 0 Å².